The van der Waals surface area contributed by atoms with Crippen LogP contribution in [0.5, 0.6) is 5.75 Å². The summed E-state index contributed by atoms with van der Waals surface area (Å²) in [6.07, 6.45) is 4.23. The van der Waals surface area contributed by atoms with E-state index in [0.29, 0.717) is 29.6 Å². The molecule has 9 heteroatoms. The molecule has 1 heterocycles. The Labute approximate surface area is 155 Å². The number of hydrogen-bond donors (Lipinski definition) is 1. The summed E-state index contributed by atoms with van der Waals surface area (Å²) in [7, 11) is 2.43. The van der Waals surface area contributed by atoms with Gasteiger partial charge in [-0.05, 0) is 12.1 Å². The van der Waals surface area contributed by atoms with Crippen molar-refractivity contribution in [3.05, 3.63) is 53.5 Å². The van der Waals surface area contributed by atoms with Crippen LogP contribution >= 0.6 is 11.6 Å². The zero-order valence-electron chi connectivity index (χ0n) is 14.3. The van der Waals surface area contributed by atoms with E-state index in [4.69, 9.17) is 16.3 Å². The Morgan fingerprint density at radius 2 is 2.04 bits per heavy atom. The van der Waals surface area contributed by atoms with Gasteiger partial charge in [-0.2, -0.15) is 5.10 Å². The van der Waals surface area contributed by atoms with Gasteiger partial charge in [0, 0.05) is 6.20 Å². The first-order valence-corrected chi connectivity index (χ1v) is 7.96. The molecule has 0 spiro atoms. The molecule has 0 atom stereocenters. The van der Waals surface area contributed by atoms with Crippen LogP contribution in [0.15, 0.2) is 48.4 Å². The monoisotopic (exact) mass is 379 g/mol. The fraction of sp³-hybridized carbons (Fsp3) is 0.235. The van der Waals surface area contributed by atoms with Gasteiger partial charge < -0.3 is 19.5 Å². The van der Waals surface area contributed by atoms with E-state index < -0.39 is 11.9 Å². The Balaban J connectivity index is 2.09. The van der Waals surface area contributed by atoms with Crippen molar-refractivity contribution in [1.29, 1.82) is 0 Å². The fourth-order valence-corrected chi connectivity index (χ4v) is 2.14. The topological polar surface area (TPSA) is 91.7 Å². The number of esters is 2. The number of aromatic nitrogens is 2. The molecule has 0 aliphatic carbocycles. The van der Waals surface area contributed by atoms with E-state index >= 15 is 0 Å². The second kappa shape index (κ2) is 9.47. The van der Waals surface area contributed by atoms with Gasteiger partial charge in [-0.25, -0.2) is 9.59 Å². The van der Waals surface area contributed by atoms with Crippen molar-refractivity contribution in [1.82, 2.24) is 9.78 Å². The van der Waals surface area contributed by atoms with Gasteiger partial charge in [0.1, 0.15) is 18.1 Å². The van der Waals surface area contributed by atoms with Crippen molar-refractivity contribution >= 4 is 29.2 Å². The maximum atomic E-state index is 11.9. The summed E-state index contributed by atoms with van der Waals surface area (Å²) in [5.41, 5.74) is 0.417. The first-order valence-electron chi connectivity index (χ1n) is 7.58. The number of methoxy groups -OCH3 is 2. The molecule has 0 unspecified atom stereocenters. The van der Waals surface area contributed by atoms with E-state index in [-0.39, 0.29) is 5.70 Å². The number of anilines is 1. The summed E-state index contributed by atoms with van der Waals surface area (Å²) in [5.74, 6) is -0.909. The molecule has 0 bridgehead atoms. The Morgan fingerprint density at radius 3 is 2.69 bits per heavy atom. The van der Waals surface area contributed by atoms with Crippen molar-refractivity contribution in [2.24, 2.45) is 0 Å². The molecule has 0 radical (unpaired) electrons. The second-order valence-electron chi connectivity index (χ2n) is 4.96. The van der Waals surface area contributed by atoms with Gasteiger partial charge in [0.25, 0.3) is 0 Å². The minimum absolute atomic E-state index is 0.0748. The number of carbonyl (C=O) groups is 2. The third-order valence-electron chi connectivity index (χ3n) is 3.20. The highest BCUT2D eigenvalue weighted by Gasteiger charge is 2.15. The molecule has 0 amide bonds. The summed E-state index contributed by atoms with van der Waals surface area (Å²) in [6, 6.07) is 6.97. The first-order chi connectivity index (χ1) is 12.5. The standard InChI is InChI=1S/C17H18ClN3O5/c1-24-16(22)9-14(17(23)25-2)20-13-5-3-4-6-15(13)26-8-7-21-11-12(18)10-19-21/h3-6,9-11,20H,7-8H2,1-2H3/b14-9+. The van der Waals surface area contributed by atoms with E-state index in [1.807, 2.05) is 0 Å². The van der Waals surface area contributed by atoms with Gasteiger partial charge in [0.05, 0.1) is 43.7 Å². The quantitative estimate of drug-likeness (QED) is 0.555. The van der Waals surface area contributed by atoms with Crippen LogP contribution in [0, 0.1) is 0 Å². The number of nitrogens with one attached hydrogen (secondary N) is 1. The normalized spacial score (nSPS) is 11.0. The minimum Gasteiger partial charge on any atom is -0.489 e. The SMILES string of the molecule is COC(=O)/C=C(/Nc1ccccc1OCCn1cc(Cl)cn1)C(=O)OC. The molecule has 1 aromatic heterocycles. The number of carbonyl (C=O) groups excluding carboxylic acids is 2. The first kappa shape index (κ1) is 19.3. The lowest BCUT2D eigenvalue weighted by molar-refractivity contribution is -0.138. The molecule has 0 aliphatic rings. The van der Waals surface area contributed by atoms with Crippen LogP contribution in [-0.2, 0) is 25.6 Å². The highest BCUT2D eigenvalue weighted by molar-refractivity contribution is 6.30. The number of nitrogens with zero attached hydrogens (tertiary/aromatic N) is 2. The second-order valence-corrected chi connectivity index (χ2v) is 5.40. The zero-order valence-corrected chi connectivity index (χ0v) is 15.0. The molecular weight excluding hydrogens is 362 g/mol. The van der Waals surface area contributed by atoms with Gasteiger partial charge >= 0.3 is 11.9 Å². The van der Waals surface area contributed by atoms with Gasteiger partial charge in [-0.3, -0.25) is 4.68 Å². The summed E-state index contributed by atoms with van der Waals surface area (Å²) in [5, 5.41) is 7.44. The van der Waals surface area contributed by atoms with Crippen molar-refractivity contribution in [2.45, 2.75) is 6.54 Å². The maximum absolute atomic E-state index is 11.9. The molecule has 0 fully saturated rings. The smallest absolute Gasteiger partial charge is 0.354 e. The van der Waals surface area contributed by atoms with E-state index in [0.717, 1.165) is 6.08 Å². The molecule has 8 nitrogen and oxygen atoms in total. The molecule has 1 aromatic carbocycles. The van der Waals surface area contributed by atoms with Gasteiger partial charge in [-0.15, -0.1) is 0 Å². The predicted octanol–water partition coefficient (Wildman–Crippen LogP) is 2.26. The summed E-state index contributed by atoms with van der Waals surface area (Å²) >= 11 is 5.81. The highest BCUT2D eigenvalue weighted by Crippen LogP contribution is 2.25. The largest absolute Gasteiger partial charge is 0.489 e. The number of para-hydroxylation sites is 2. The van der Waals surface area contributed by atoms with Crippen molar-refractivity contribution in [2.75, 3.05) is 26.1 Å². The van der Waals surface area contributed by atoms with Gasteiger partial charge in [-0.1, -0.05) is 23.7 Å². The van der Waals surface area contributed by atoms with E-state index in [1.54, 1.807) is 35.1 Å². The number of benzene rings is 1. The molecule has 0 saturated carbocycles. The summed E-state index contributed by atoms with van der Waals surface area (Å²) in [4.78, 5) is 23.3. The van der Waals surface area contributed by atoms with E-state index in [2.05, 4.69) is 19.9 Å². The van der Waals surface area contributed by atoms with Crippen LogP contribution in [0.4, 0.5) is 5.69 Å². The van der Waals surface area contributed by atoms with Crippen LogP contribution in [0.3, 0.4) is 0 Å². The molecule has 138 valence electrons. The molecule has 1 N–H and O–H groups in total. The van der Waals surface area contributed by atoms with Crippen LogP contribution in [0.25, 0.3) is 0 Å². The Bertz CT molecular complexity index is 803. The molecule has 2 rings (SSSR count). The lowest BCUT2D eigenvalue weighted by atomic mass is 10.2. The van der Waals surface area contributed by atoms with Crippen LogP contribution in [-0.4, -0.2) is 42.5 Å². The van der Waals surface area contributed by atoms with Crippen molar-refractivity contribution in [3.8, 4) is 5.75 Å². The van der Waals surface area contributed by atoms with E-state index in [1.165, 1.54) is 20.4 Å². The fourth-order valence-electron chi connectivity index (χ4n) is 1.98. The Kier molecular flexibility index (Phi) is 7.04. The summed E-state index contributed by atoms with van der Waals surface area (Å²) < 4.78 is 16.6. The molecule has 26 heavy (non-hydrogen) atoms. The number of rotatable bonds is 8. The van der Waals surface area contributed by atoms with Crippen molar-refractivity contribution in [3.63, 3.8) is 0 Å². The maximum Gasteiger partial charge on any atom is 0.354 e. The molecule has 2 aromatic rings. The Morgan fingerprint density at radius 1 is 1.27 bits per heavy atom. The van der Waals surface area contributed by atoms with Crippen LogP contribution in [0.2, 0.25) is 5.02 Å². The number of halogens is 1. The lowest BCUT2D eigenvalue weighted by Crippen LogP contribution is -2.16. The molecular formula is C17H18ClN3O5. The van der Waals surface area contributed by atoms with Crippen molar-refractivity contribution < 1.29 is 23.8 Å². The average Bonchev–Trinajstić information content (AvgIpc) is 3.06. The molecule has 0 saturated heterocycles. The predicted molar refractivity (Wildman–Crippen MR) is 94.9 cm³/mol. The number of hydrogen-bond acceptors (Lipinski definition) is 7. The lowest BCUT2D eigenvalue weighted by Gasteiger charge is -2.14. The third kappa shape index (κ3) is 5.52. The van der Waals surface area contributed by atoms with Crippen LogP contribution in [0.1, 0.15) is 0 Å². The van der Waals surface area contributed by atoms with E-state index in [9.17, 15) is 9.59 Å². The van der Waals surface area contributed by atoms with Crippen LogP contribution < -0.4 is 10.1 Å². The average molecular weight is 380 g/mol. The number of ether oxygens (including phenoxy) is 3. The molecule has 0 aliphatic heterocycles. The minimum atomic E-state index is -0.712. The van der Waals surface area contributed by atoms with Gasteiger partial charge in [0.2, 0.25) is 0 Å². The van der Waals surface area contributed by atoms with Gasteiger partial charge in [0.15, 0.2) is 0 Å². The summed E-state index contributed by atoms with van der Waals surface area (Å²) in [6.45, 7) is 0.813. The highest BCUT2D eigenvalue weighted by atomic mass is 35.5. The Hall–Kier alpha value is -3.00. The third-order valence-corrected chi connectivity index (χ3v) is 3.40. The zero-order chi connectivity index (χ0) is 18.9.